The van der Waals surface area contributed by atoms with Crippen molar-refractivity contribution in [3.8, 4) is 0 Å². The van der Waals surface area contributed by atoms with E-state index in [-0.39, 0.29) is 43.2 Å². The van der Waals surface area contributed by atoms with E-state index in [1.165, 1.54) is 0 Å². The van der Waals surface area contributed by atoms with Gasteiger partial charge >= 0.3 is 68.3 Å². The van der Waals surface area contributed by atoms with Gasteiger partial charge < -0.3 is 5.48 Å². The summed E-state index contributed by atoms with van der Waals surface area (Å²) in [5.74, 6) is 0. The Bertz CT molecular complexity index is 54.2. The van der Waals surface area contributed by atoms with Crippen LogP contribution in [0.5, 0.6) is 0 Å². The Hall–Kier alpha value is 1.46. The fourth-order valence-corrected chi connectivity index (χ4v) is 0. The molecule has 0 aliphatic heterocycles. The molecule has 0 atom stereocenters. The molecule has 0 aromatic heterocycles. The molecule has 5 nitrogen and oxygen atoms in total. The molecule has 0 aromatic carbocycles. The second-order valence-electron chi connectivity index (χ2n) is 0.513. The van der Waals surface area contributed by atoms with Gasteiger partial charge in [0, 0.05) is 0 Å². The molecule has 0 fully saturated rings. The molecule has 0 unspecified atom stereocenters. The van der Waals surface area contributed by atoms with Gasteiger partial charge in [0.1, 0.15) is 0 Å². The average Bonchev–Trinajstić information content (AvgIpc) is 0.722. The van der Waals surface area contributed by atoms with Crippen LogP contribution in [0.15, 0.2) is 0 Å². The van der Waals surface area contributed by atoms with E-state index in [1.54, 1.807) is 0 Å². The predicted molar refractivity (Wildman–Crippen MR) is 25.3 cm³/mol. The van der Waals surface area contributed by atoms with Crippen molar-refractivity contribution in [3.63, 3.8) is 0 Å². The van der Waals surface area contributed by atoms with Gasteiger partial charge in [0.25, 0.3) is 0 Å². The molecule has 0 saturated carbocycles. The molecule has 44 valence electrons. The molecule has 0 aliphatic rings. The topological polar surface area (TPSA) is 109 Å². The third-order valence-corrected chi connectivity index (χ3v) is 0. The molecule has 0 saturated heterocycles. The van der Waals surface area contributed by atoms with Gasteiger partial charge in [-0.15, -0.1) is 0 Å². The van der Waals surface area contributed by atoms with E-state index in [9.17, 15) is 0 Å². The summed E-state index contributed by atoms with van der Waals surface area (Å²) in [4.78, 5) is 0. The van der Waals surface area contributed by atoms with Gasteiger partial charge in [0.05, 0.1) is 0 Å². The van der Waals surface area contributed by atoms with Crippen LogP contribution >= 0.6 is 0 Å². The van der Waals surface area contributed by atoms with Crippen LogP contribution < -0.4 is 0 Å². The molecule has 0 amide bonds. The minimum atomic E-state index is -5.12. The zero-order valence-corrected chi connectivity index (χ0v) is 4.57. The Balaban J connectivity index is -0.0000000800. The minimum absolute atomic E-state index is 0. The summed E-state index contributed by atoms with van der Waals surface area (Å²) >= 11 is -5.12. The van der Waals surface area contributed by atoms with E-state index in [0.29, 0.717) is 0 Å². The van der Waals surface area contributed by atoms with Gasteiger partial charge in [-0.2, -0.15) is 0 Å². The van der Waals surface area contributed by atoms with Gasteiger partial charge in [-0.05, 0) is 0 Å². The summed E-state index contributed by atoms with van der Waals surface area (Å²) in [6.07, 6.45) is 0. The molecule has 0 radical (unpaired) electrons. The number of rotatable bonds is 0. The van der Waals surface area contributed by atoms with E-state index >= 15 is 0 Å². The summed E-state index contributed by atoms with van der Waals surface area (Å²) in [5, 5.41) is 0. The summed E-state index contributed by atoms with van der Waals surface area (Å²) in [5.41, 5.74) is 0. The van der Waals surface area contributed by atoms with Crippen molar-refractivity contribution in [2.75, 3.05) is 0 Å². The molecule has 0 aliphatic carbocycles. The fraction of sp³-hybridized carbons (Fsp3) is 0. The number of hydrogen-bond donors (Lipinski definition) is 3. The van der Waals surface area contributed by atoms with Gasteiger partial charge in [-0.1, -0.05) is 0 Å². The van der Waals surface area contributed by atoms with Crippen LogP contribution in [-0.4, -0.2) is 70.0 Å². The third-order valence-electron chi connectivity index (χ3n) is 0. The molecule has 0 aromatic rings. The monoisotopic (exact) mass is 202 g/mol. The Morgan fingerprint density at radius 3 is 1.14 bits per heavy atom. The Labute approximate surface area is 73.0 Å². The first-order valence-corrected chi connectivity index (χ1v) is 4.07. The van der Waals surface area contributed by atoms with Crippen molar-refractivity contribution in [2.24, 2.45) is 0 Å². The molecular formula is H7AsCaO5. The maximum atomic E-state index is 8.94. The second-order valence-corrected chi connectivity index (χ2v) is 2.67. The zero-order chi connectivity index (χ0) is 4.50. The van der Waals surface area contributed by atoms with Crippen LogP contribution in [0.2, 0.25) is 0 Å². The van der Waals surface area contributed by atoms with Crippen LogP contribution in [0.3, 0.4) is 0 Å². The Morgan fingerprint density at radius 2 is 1.14 bits per heavy atom. The van der Waals surface area contributed by atoms with Crippen LogP contribution in [0.25, 0.3) is 0 Å². The SMILES string of the molecule is O.O=[As](O)(O)O.[CaH2]. The first-order valence-electron chi connectivity index (χ1n) is 0.783. The average molecular weight is 202 g/mol. The van der Waals surface area contributed by atoms with E-state index in [1.807, 2.05) is 0 Å². The van der Waals surface area contributed by atoms with Crippen molar-refractivity contribution in [1.82, 2.24) is 0 Å². The van der Waals surface area contributed by atoms with Crippen LogP contribution in [0.1, 0.15) is 0 Å². The number of hydrogen-bond acceptors (Lipinski definition) is 1. The summed E-state index contributed by atoms with van der Waals surface area (Å²) in [6.45, 7) is 0. The molecule has 0 spiro atoms. The summed E-state index contributed by atoms with van der Waals surface area (Å²) in [6, 6.07) is 0. The molecule has 0 heterocycles. The van der Waals surface area contributed by atoms with E-state index in [2.05, 4.69) is 0 Å². The van der Waals surface area contributed by atoms with Crippen LogP contribution in [0, 0.1) is 0 Å². The molecule has 7 heteroatoms. The summed E-state index contributed by atoms with van der Waals surface area (Å²) < 4.78 is 30.7. The van der Waals surface area contributed by atoms with Gasteiger partial charge in [-0.25, -0.2) is 0 Å². The van der Waals surface area contributed by atoms with Crippen molar-refractivity contribution >= 4 is 52.3 Å². The van der Waals surface area contributed by atoms with Gasteiger partial charge in [-0.3, -0.25) is 0 Å². The summed E-state index contributed by atoms with van der Waals surface area (Å²) in [7, 11) is 0. The fourth-order valence-electron chi connectivity index (χ4n) is 0. The van der Waals surface area contributed by atoms with Crippen molar-refractivity contribution in [3.05, 3.63) is 0 Å². The van der Waals surface area contributed by atoms with Crippen LogP contribution in [0.4, 0.5) is 0 Å². The predicted octanol–water partition coefficient (Wildman–Crippen LogP) is -3.91. The molecule has 5 N–H and O–H groups in total. The van der Waals surface area contributed by atoms with E-state index in [0.717, 1.165) is 0 Å². The van der Waals surface area contributed by atoms with E-state index in [4.69, 9.17) is 16.0 Å². The maximum absolute atomic E-state index is 8.94. The molecule has 0 rings (SSSR count). The van der Waals surface area contributed by atoms with Gasteiger partial charge in [0.2, 0.25) is 0 Å². The van der Waals surface area contributed by atoms with E-state index < -0.39 is 14.5 Å². The van der Waals surface area contributed by atoms with Gasteiger partial charge in [0.15, 0.2) is 0 Å². The Kier molecular flexibility index (Phi) is 12.6. The second kappa shape index (κ2) is 5.59. The van der Waals surface area contributed by atoms with Crippen LogP contribution in [-0.2, 0) is 3.74 Å². The van der Waals surface area contributed by atoms with Crippen molar-refractivity contribution in [2.45, 2.75) is 0 Å². The third kappa shape index (κ3) is 104. The Morgan fingerprint density at radius 1 is 1.14 bits per heavy atom. The van der Waals surface area contributed by atoms with Crippen molar-refractivity contribution < 1.29 is 21.5 Å². The van der Waals surface area contributed by atoms with Crippen molar-refractivity contribution in [1.29, 1.82) is 0 Å². The molecule has 0 bridgehead atoms. The molecular weight excluding hydrogens is 195 g/mol. The molecule has 7 heavy (non-hydrogen) atoms. The quantitative estimate of drug-likeness (QED) is 0.348. The standard InChI is InChI=1S/AsH3O4.Ca.H2O.2H/c2-1(3,4)5;;;;/h(H3,2,3,4,5);;1H2;;. The zero-order valence-electron chi connectivity index (χ0n) is 2.70. The normalized spacial score (nSPS) is 8.43. The first kappa shape index (κ1) is 15.8. The first-order chi connectivity index (χ1) is 2.00.